The van der Waals surface area contributed by atoms with Crippen molar-refractivity contribution in [1.82, 2.24) is 5.32 Å². The maximum Gasteiger partial charge on any atom is 0.247 e. The minimum atomic E-state index is -0.510. The summed E-state index contributed by atoms with van der Waals surface area (Å²) in [5.74, 6) is -0.290. The van der Waals surface area contributed by atoms with Gasteiger partial charge in [0.15, 0.2) is 0 Å². The molecule has 1 heterocycles. The van der Waals surface area contributed by atoms with Gasteiger partial charge in [0.25, 0.3) is 0 Å². The average molecular weight is 318 g/mol. The summed E-state index contributed by atoms with van der Waals surface area (Å²) in [5.41, 5.74) is 0.661. The summed E-state index contributed by atoms with van der Waals surface area (Å²) in [6, 6.07) is 4.63. The molecule has 4 nitrogen and oxygen atoms in total. The second-order valence-electron chi connectivity index (χ2n) is 3.76. The topological polar surface area (TPSA) is 49.4 Å². The summed E-state index contributed by atoms with van der Waals surface area (Å²) in [4.78, 5) is 24.8. The van der Waals surface area contributed by atoms with Gasteiger partial charge in [-0.05, 0) is 41.1 Å². The van der Waals surface area contributed by atoms with Crippen molar-refractivity contribution in [2.75, 3.05) is 11.4 Å². The Bertz CT molecular complexity index is 492. The number of carbonyl (C=O) groups excluding carboxylic acids is 2. The van der Waals surface area contributed by atoms with E-state index in [2.05, 4.69) is 21.2 Å². The summed E-state index contributed by atoms with van der Waals surface area (Å²) in [7, 11) is 0. The summed E-state index contributed by atoms with van der Waals surface area (Å²) >= 11 is 9.19. The van der Waals surface area contributed by atoms with Gasteiger partial charge in [-0.2, -0.15) is 0 Å². The van der Waals surface area contributed by atoms with Gasteiger partial charge in [0.2, 0.25) is 11.8 Å². The lowest BCUT2D eigenvalue weighted by atomic mass is 10.1. The van der Waals surface area contributed by atoms with Gasteiger partial charge >= 0.3 is 0 Å². The Kier molecular flexibility index (Phi) is 3.40. The number of nitrogens with zero attached hydrogens (tertiary/aromatic N) is 1. The van der Waals surface area contributed by atoms with Crippen molar-refractivity contribution in [2.45, 2.75) is 13.0 Å². The van der Waals surface area contributed by atoms with Crippen LogP contribution in [0.5, 0.6) is 0 Å². The van der Waals surface area contributed by atoms with Crippen LogP contribution in [0.15, 0.2) is 22.7 Å². The van der Waals surface area contributed by atoms with Gasteiger partial charge < -0.3 is 5.32 Å². The lowest BCUT2D eigenvalue weighted by Crippen LogP contribution is -2.57. The molecule has 1 fully saturated rings. The van der Waals surface area contributed by atoms with Crippen molar-refractivity contribution in [3.05, 3.63) is 27.7 Å². The van der Waals surface area contributed by atoms with E-state index in [0.717, 1.165) is 0 Å². The van der Waals surface area contributed by atoms with Crippen molar-refractivity contribution in [2.24, 2.45) is 0 Å². The fourth-order valence-corrected chi connectivity index (χ4v) is 2.22. The highest BCUT2D eigenvalue weighted by atomic mass is 79.9. The van der Waals surface area contributed by atoms with E-state index >= 15 is 0 Å². The van der Waals surface area contributed by atoms with Gasteiger partial charge in [-0.15, -0.1) is 0 Å². The molecule has 1 aliphatic rings. The van der Waals surface area contributed by atoms with Crippen molar-refractivity contribution in [1.29, 1.82) is 0 Å². The zero-order valence-electron chi connectivity index (χ0n) is 9.04. The van der Waals surface area contributed by atoms with Gasteiger partial charge in [0.05, 0.1) is 11.6 Å². The first-order valence-corrected chi connectivity index (χ1v) is 6.22. The van der Waals surface area contributed by atoms with Crippen molar-refractivity contribution in [3.8, 4) is 0 Å². The van der Waals surface area contributed by atoms with Crippen LogP contribution in [-0.4, -0.2) is 24.4 Å². The van der Waals surface area contributed by atoms with E-state index in [9.17, 15) is 9.59 Å². The third kappa shape index (κ3) is 2.30. The highest BCUT2D eigenvalue weighted by molar-refractivity contribution is 9.10. The Labute approximate surface area is 112 Å². The van der Waals surface area contributed by atoms with E-state index in [1.54, 1.807) is 25.1 Å². The molecule has 0 saturated carbocycles. The minimum Gasteiger partial charge on any atom is -0.345 e. The molecule has 2 rings (SSSR count). The zero-order chi connectivity index (χ0) is 12.6. The van der Waals surface area contributed by atoms with Crippen LogP contribution in [0.3, 0.4) is 0 Å². The third-order valence-electron chi connectivity index (χ3n) is 2.63. The Morgan fingerprint density at radius 2 is 2.18 bits per heavy atom. The van der Waals surface area contributed by atoms with E-state index in [1.807, 2.05) is 0 Å². The number of amides is 2. The molecule has 0 bridgehead atoms. The summed E-state index contributed by atoms with van der Waals surface area (Å²) in [6.07, 6.45) is 0. The number of halogens is 2. The number of hydrogen-bond donors (Lipinski definition) is 1. The number of piperazine rings is 1. The van der Waals surface area contributed by atoms with Crippen molar-refractivity contribution < 1.29 is 9.59 Å². The smallest absolute Gasteiger partial charge is 0.247 e. The van der Waals surface area contributed by atoms with E-state index < -0.39 is 6.04 Å². The molecular formula is C11H10BrClN2O2. The summed E-state index contributed by atoms with van der Waals surface area (Å²) < 4.78 is 0.697. The van der Waals surface area contributed by atoms with Crippen LogP contribution in [-0.2, 0) is 9.59 Å². The lowest BCUT2D eigenvalue weighted by molar-refractivity contribution is -0.130. The molecule has 2 amide bonds. The van der Waals surface area contributed by atoms with E-state index in [-0.39, 0.29) is 18.4 Å². The molecular weight excluding hydrogens is 307 g/mol. The first kappa shape index (κ1) is 12.4. The lowest BCUT2D eigenvalue weighted by Gasteiger charge is -2.32. The Morgan fingerprint density at radius 3 is 2.82 bits per heavy atom. The first-order valence-electron chi connectivity index (χ1n) is 5.05. The molecule has 0 radical (unpaired) electrons. The number of hydrogen-bond acceptors (Lipinski definition) is 2. The normalized spacial score (nSPS) is 20.4. The molecule has 1 atom stereocenters. The summed E-state index contributed by atoms with van der Waals surface area (Å²) in [5, 5.41) is 3.10. The Hall–Kier alpha value is -1.07. The van der Waals surface area contributed by atoms with Crippen LogP contribution in [0.4, 0.5) is 5.69 Å². The predicted molar refractivity (Wildman–Crippen MR) is 69.1 cm³/mol. The van der Waals surface area contributed by atoms with E-state index in [0.29, 0.717) is 15.2 Å². The highest BCUT2D eigenvalue weighted by Gasteiger charge is 2.32. The van der Waals surface area contributed by atoms with Gasteiger partial charge in [0, 0.05) is 10.2 Å². The van der Waals surface area contributed by atoms with E-state index in [1.165, 1.54) is 4.90 Å². The van der Waals surface area contributed by atoms with Gasteiger partial charge in [-0.25, -0.2) is 0 Å². The number of nitrogens with one attached hydrogen (secondary N) is 1. The fourth-order valence-electron chi connectivity index (χ4n) is 1.73. The molecule has 17 heavy (non-hydrogen) atoms. The molecule has 0 aromatic heterocycles. The third-order valence-corrected chi connectivity index (χ3v) is 3.84. The molecule has 1 aromatic rings. The van der Waals surface area contributed by atoms with Crippen LogP contribution >= 0.6 is 27.5 Å². The molecule has 1 unspecified atom stereocenters. The van der Waals surface area contributed by atoms with Crippen molar-refractivity contribution >= 4 is 45.0 Å². The van der Waals surface area contributed by atoms with E-state index in [4.69, 9.17) is 11.6 Å². The van der Waals surface area contributed by atoms with Crippen molar-refractivity contribution in [3.63, 3.8) is 0 Å². The molecule has 1 aromatic carbocycles. The molecule has 90 valence electrons. The number of anilines is 1. The molecule has 0 aliphatic carbocycles. The standard InChI is InChI=1S/C11H10BrClN2O2/c1-6-11(17)14-5-10(16)15(6)7-2-3-9(13)8(12)4-7/h2-4,6H,5H2,1H3,(H,14,17). The fraction of sp³-hybridized carbons (Fsp3) is 0.273. The van der Waals surface area contributed by atoms with Crippen LogP contribution < -0.4 is 10.2 Å². The minimum absolute atomic E-state index is 0.0312. The largest absolute Gasteiger partial charge is 0.345 e. The van der Waals surface area contributed by atoms with Crippen LogP contribution in [0, 0.1) is 0 Å². The van der Waals surface area contributed by atoms with Gasteiger partial charge in [-0.3, -0.25) is 14.5 Å². The van der Waals surface area contributed by atoms with Crippen LogP contribution in [0.2, 0.25) is 5.02 Å². The monoisotopic (exact) mass is 316 g/mol. The number of carbonyl (C=O) groups is 2. The number of rotatable bonds is 1. The second-order valence-corrected chi connectivity index (χ2v) is 5.02. The average Bonchev–Trinajstić information content (AvgIpc) is 2.29. The summed E-state index contributed by atoms with van der Waals surface area (Å²) in [6.45, 7) is 1.72. The number of benzene rings is 1. The van der Waals surface area contributed by atoms with Gasteiger partial charge in [-0.1, -0.05) is 11.6 Å². The SMILES string of the molecule is CC1C(=O)NCC(=O)N1c1ccc(Cl)c(Br)c1. The molecule has 1 saturated heterocycles. The highest BCUT2D eigenvalue weighted by Crippen LogP contribution is 2.29. The maximum atomic E-state index is 11.8. The predicted octanol–water partition coefficient (Wildman–Crippen LogP) is 1.95. The zero-order valence-corrected chi connectivity index (χ0v) is 11.4. The quantitative estimate of drug-likeness (QED) is 0.861. The Balaban J connectivity index is 2.39. The Morgan fingerprint density at radius 1 is 1.47 bits per heavy atom. The molecule has 1 N–H and O–H groups in total. The van der Waals surface area contributed by atoms with Crippen LogP contribution in [0.1, 0.15) is 6.92 Å². The maximum absolute atomic E-state index is 11.8. The first-order chi connectivity index (χ1) is 8.00. The van der Waals surface area contributed by atoms with Gasteiger partial charge in [0.1, 0.15) is 6.04 Å². The molecule has 0 spiro atoms. The second kappa shape index (κ2) is 4.66. The van der Waals surface area contributed by atoms with Crippen LogP contribution in [0.25, 0.3) is 0 Å². The molecule has 1 aliphatic heterocycles. The molecule has 6 heteroatoms.